The highest BCUT2D eigenvalue weighted by Gasteiger charge is 2.05. The van der Waals surface area contributed by atoms with Crippen LogP contribution in [-0.2, 0) is 4.74 Å². The molecule has 1 aromatic rings. The van der Waals surface area contributed by atoms with Crippen molar-refractivity contribution in [3.63, 3.8) is 0 Å². The van der Waals surface area contributed by atoms with Crippen molar-refractivity contribution >= 4 is 11.7 Å². The van der Waals surface area contributed by atoms with Crippen LogP contribution in [0.25, 0.3) is 0 Å². The van der Waals surface area contributed by atoms with Crippen LogP contribution in [0.4, 0.5) is 5.69 Å². The quantitative estimate of drug-likeness (QED) is 0.569. The molecule has 0 aromatic heterocycles. The third-order valence-corrected chi connectivity index (χ3v) is 2.04. The van der Waals surface area contributed by atoms with Gasteiger partial charge in [0.2, 0.25) is 0 Å². The first-order valence-corrected chi connectivity index (χ1v) is 5.40. The number of hydrogen-bond acceptors (Lipinski definition) is 4. The van der Waals surface area contributed by atoms with Crippen LogP contribution in [0.5, 0.6) is 0 Å². The Hall–Kier alpha value is -1.55. The number of aliphatic hydroxyl groups excluding tert-OH is 1. The van der Waals surface area contributed by atoms with Crippen molar-refractivity contribution < 1.29 is 14.6 Å². The zero-order valence-electron chi connectivity index (χ0n) is 9.40. The topological polar surface area (TPSA) is 58.6 Å². The van der Waals surface area contributed by atoms with Gasteiger partial charge in [-0.3, -0.25) is 0 Å². The van der Waals surface area contributed by atoms with E-state index in [0.717, 1.165) is 5.69 Å². The molecule has 4 nitrogen and oxygen atoms in total. The smallest absolute Gasteiger partial charge is 0.338 e. The molecular formula is C12H17NO3. The van der Waals surface area contributed by atoms with Crippen LogP contribution in [0.15, 0.2) is 24.3 Å². The van der Waals surface area contributed by atoms with Gasteiger partial charge in [-0.2, -0.15) is 0 Å². The number of esters is 1. The van der Waals surface area contributed by atoms with E-state index >= 15 is 0 Å². The number of aliphatic hydroxyl groups is 1. The summed E-state index contributed by atoms with van der Waals surface area (Å²) in [7, 11) is 0. The summed E-state index contributed by atoms with van der Waals surface area (Å²) in [4.78, 5) is 11.4. The second kappa shape index (κ2) is 6.85. The summed E-state index contributed by atoms with van der Waals surface area (Å²) >= 11 is 0. The minimum absolute atomic E-state index is 0.157. The van der Waals surface area contributed by atoms with Crippen LogP contribution in [0, 0.1) is 0 Å². The van der Waals surface area contributed by atoms with E-state index in [1.54, 1.807) is 25.1 Å². The second-order valence-electron chi connectivity index (χ2n) is 3.31. The molecule has 0 unspecified atom stereocenters. The minimum Gasteiger partial charge on any atom is -0.462 e. The SMILES string of the molecule is CCOC(=O)c1cccc(NCCCO)c1. The molecule has 0 aliphatic rings. The zero-order chi connectivity index (χ0) is 11.8. The molecule has 0 saturated carbocycles. The highest BCUT2D eigenvalue weighted by Crippen LogP contribution is 2.11. The van der Waals surface area contributed by atoms with Gasteiger partial charge in [-0.25, -0.2) is 4.79 Å². The molecule has 1 aromatic carbocycles. The molecule has 88 valence electrons. The average Bonchev–Trinajstić information content (AvgIpc) is 2.30. The lowest BCUT2D eigenvalue weighted by Crippen LogP contribution is -2.07. The van der Waals surface area contributed by atoms with Crippen LogP contribution >= 0.6 is 0 Å². The van der Waals surface area contributed by atoms with E-state index in [1.165, 1.54) is 0 Å². The molecule has 0 radical (unpaired) electrons. The van der Waals surface area contributed by atoms with Crippen molar-refractivity contribution in [2.45, 2.75) is 13.3 Å². The van der Waals surface area contributed by atoms with Crippen LogP contribution in [0.1, 0.15) is 23.7 Å². The van der Waals surface area contributed by atoms with Gasteiger partial charge in [0.1, 0.15) is 0 Å². The summed E-state index contributed by atoms with van der Waals surface area (Å²) in [6.45, 7) is 3.00. The van der Waals surface area contributed by atoms with Crippen molar-refractivity contribution in [2.75, 3.05) is 25.1 Å². The largest absolute Gasteiger partial charge is 0.462 e. The van der Waals surface area contributed by atoms with Gasteiger partial charge in [0.25, 0.3) is 0 Å². The van der Waals surface area contributed by atoms with E-state index in [0.29, 0.717) is 25.1 Å². The van der Waals surface area contributed by atoms with Crippen molar-refractivity contribution in [2.24, 2.45) is 0 Å². The minimum atomic E-state index is -0.312. The molecule has 0 atom stereocenters. The van der Waals surface area contributed by atoms with Gasteiger partial charge in [0.15, 0.2) is 0 Å². The lowest BCUT2D eigenvalue weighted by molar-refractivity contribution is 0.0526. The molecule has 2 N–H and O–H groups in total. The van der Waals surface area contributed by atoms with Gasteiger partial charge in [-0.15, -0.1) is 0 Å². The summed E-state index contributed by atoms with van der Waals surface area (Å²) in [5, 5.41) is 11.8. The first-order valence-electron chi connectivity index (χ1n) is 5.40. The van der Waals surface area contributed by atoms with Crippen LogP contribution < -0.4 is 5.32 Å². The average molecular weight is 223 g/mol. The number of rotatable bonds is 6. The Morgan fingerprint density at radius 2 is 2.31 bits per heavy atom. The summed E-state index contributed by atoms with van der Waals surface area (Å²) < 4.78 is 4.90. The number of ether oxygens (including phenoxy) is 1. The monoisotopic (exact) mass is 223 g/mol. The Morgan fingerprint density at radius 1 is 1.50 bits per heavy atom. The number of anilines is 1. The van der Waals surface area contributed by atoms with Crippen LogP contribution in [0.2, 0.25) is 0 Å². The molecule has 0 bridgehead atoms. The number of carbonyl (C=O) groups excluding carboxylic acids is 1. The van der Waals surface area contributed by atoms with E-state index in [1.807, 2.05) is 6.07 Å². The number of carbonyl (C=O) groups is 1. The standard InChI is InChI=1S/C12H17NO3/c1-2-16-12(15)10-5-3-6-11(9-10)13-7-4-8-14/h3,5-6,9,13-14H,2,4,7-8H2,1H3. The Balaban J connectivity index is 2.60. The summed E-state index contributed by atoms with van der Waals surface area (Å²) in [6, 6.07) is 7.14. The van der Waals surface area contributed by atoms with Crippen molar-refractivity contribution in [3.05, 3.63) is 29.8 Å². The molecule has 0 heterocycles. The molecule has 0 amide bonds. The highest BCUT2D eigenvalue weighted by molar-refractivity contribution is 5.90. The fourth-order valence-corrected chi connectivity index (χ4v) is 1.28. The first-order chi connectivity index (χ1) is 7.77. The second-order valence-corrected chi connectivity index (χ2v) is 3.31. The lowest BCUT2D eigenvalue weighted by atomic mass is 10.2. The third-order valence-electron chi connectivity index (χ3n) is 2.04. The van der Waals surface area contributed by atoms with Gasteiger partial charge >= 0.3 is 5.97 Å². The summed E-state index contributed by atoms with van der Waals surface area (Å²) in [6.07, 6.45) is 0.684. The number of nitrogens with one attached hydrogen (secondary N) is 1. The zero-order valence-corrected chi connectivity index (χ0v) is 9.40. The molecule has 0 aliphatic heterocycles. The van der Waals surface area contributed by atoms with E-state index in [-0.39, 0.29) is 12.6 Å². The Labute approximate surface area is 95.2 Å². The molecule has 0 spiro atoms. The normalized spacial score (nSPS) is 9.88. The third kappa shape index (κ3) is 3.90. The van der Waals surface area contributed by atoms with Crippen LogP contribution in [-0.4, -0.2) is 30.8 Å². The Morgan fingerprint density at radius 3 is 3.00 bits per heavy atom. The van der Waals surface area contributed by atoms with Gasteiger partial charge in [-0.1, -0.05) is 6.07 Å². The highest BCUT2D eigenvalue weighted by atomic mass is 16.5. The van der Waals surface area contributed by atoms with Crippen molar-refractivity contribution in [1.29, 1.82) is 0 Å². The maximum atomic E-state index is 11.4. The van der Waals surface area contributed by atoms with Gasteiger partial charge in [-0.05, 0) is 31.5 Å². The predicted octanol–water partition coefficient (Wildman–Crippen LogP) is 1.66. The fraction of sp³-hybridized carbons (Fsp3) is 0.417. The number of hydrogen-bond donors (Lipinski definition) is 2. The predicted molar refractivity (Wildman–Crippen MR) is 62.6 cm³/mol. The molecule has 0 fully saturated rings. The Kier molecular flexibility index (Phi) is 5.36. The molecule has 4 heteroatoms. The van der Waals surface area contributed by atoms with Crippen molar-refractivity contribution in [3.8, 4) is 0 Å². The van der Waals surface area contributed by atoms with E-state index in [9.17, 15) is 4.79 Å². The maximum Gasteiger partial charge on any atom is 0.338 e. The van der Waals surface area contributed by atoms with Crippen molar-refractivity contribution in [1.82, 2.24) is 0 Å². The lowest BCUT2D eigenvalue weighted by Gasteiger charge is -2.07. The van der Waals surface area contributed by atoms with E-state index in [4.69, 9.17) is 9.84 Å². The Bertz CT molecular complexity index is 339. The van der Waals surface area contributed by atoms with E-state index < -0.39 is 0 Å². The summed E-state index contributed by atoms with van der Waals surface area (Å²) in [5.41, 5.74) is 1.40. The first kappa shape index (κ1) is 12.5. The van der Waals surface area contributed by atoms with E-state index in [2.05, 4.69) is 5.32 Å². The molecule has 0 aliphatic carbocycles. The summed E-state index contributed by atoms with van der Waals surface area (Å²) in [5.74, 6) is -0.312. The molecule has 0 saturated heterocycles. The fourth-order valence-electron chi connectivity index (χ4n) is 1.28. The number of benzene rings is 1. The van der Waals surface area contributed by atoms with Gasteiger partial charge in [0, 0.05) is 18.8 Å². The maximum absolute atomic E-state index is 11.4. The van der Waals surface area contributed by atoms with Crippen LogP contribution in [0.3, 0.4) is 0 Å². The van der Waals surface area contributed by atoms with Gasteiger partial charge in [0.05, 0.1) is 12.2 Å². The molecular weight excluding hydrogens is 206 g/mol. The molecule has 1 rings (SSSR count). The van der Waals surface area contributed by atoms with Gasteiger partial charge < -0.3 is 15.2 Å². The molecule has 16 heavy (non-hydrogen) atoms.